The summed E-state index contributed by atoms with van der Waals surface area (Å²) in [6, 6.07) is 14.1. The van der Waals surface area contributed by atoms with Crippen LogP contribution < -0.4 is 5.32 Å². The summed E-state index contributed by atoms with van der Waals surface area (Å²) in [6.45, 7) is 3.59. The molecule has 1 saturated heterocycles. The van der Waals surface area contributed by atoms with Gasteiger partial charge in [0, 0.05) is 18.1 Å². The van der Waals surface area contributed by atoms with E-state index in [0.29, 0.717) is 17.2 Å². The zero-order valence-corrected chi connectivity index (χ0v) is 15.8. The van der Waals surface area contributed by atoms with Crippen molar-refractivity contribution in [2.75, 3.05) is 18.4 Å². The highest BCUT2D eigenvalue weighted by Gasteiger charge is 2.29. The van der Waals surface area contributed by atoms with Crippen LogP contribution in [0.3, 0.4) is 0 Å². The van der Waals surface area contributed by atoms with Crippen LogP contribution in [0.2, 0.25) is 0 Å². The van der Waals surface area contributed by atoms with E-state index in [0.717, 1.165) is 31.5 Å². The number of aryl methyl sites for hydroxylation is 1. The molecule has 6 heteroatoms. The van der Waals surface area contributed by atoms with Gasteiger partial charge in [0.25, 0.3) is 0 Å². The van der Waals surface area contributed by atoms with E-state index in [1.807, 2.05) is 37.3 Å². The van der Waals surface area contributed by atoms with E-state index in [4.69, 9.17) is 0 Å². The minimum atomic E-state index is -0.406. The average molecular weight is 378 g/mol. The number of carbonyl (C=O) groups excluding carboxylic acids is 1. The van der Waals surface area contributed by atoms with Crippen LogP contribution in [-0.2, 0) is 4.79 Å². The van der Waals surface area contributed by atoms with Crippen molar-refractivity contribution < 1.29 is 9.18 Å². The van der Waals surface area contributed by atoms with Gasteiger partial charge in [0.1, 0.15) is 17.7 Å². The van der Waals surface area contributed by atoms with Gasteiger partial charge in [-0.3, -0.25) is 9.69 Å². The first-order chi connectivity index (χ1) is 13.6. The van der Waals surface area contributed by atoms with Crippen molar-refractivity contribution in [2.45, 2.75) is 25.8 Å². The molecule has 1 unspecified atom stereocenters. The summed E-state index contributed by atoms with van der Waals surface area (Å²) in [6.07, 6.45) is 5.52. The predicted octanol–water partition coefficient (Wildman–Crippen LogP) is 4.10. The number of imidazole rings is 1. The molecule has 0 bridgehead atoms. The normalized spacial score (nSPS) is 15.5. The lowest BCUT2D eigenvalue weighted by Crippen LogP contribution is -2.35. The highest BCUT2D eigenvalue weighted by molar-refractivity contribution is 5.95. The van der Waals surface area contributed by atoms with Gasteiger partial charge in [-0.25, -0.2) is 9.37 Å². The zero-order valence-electron chi connectivity index (χ0n) is 15.8. The van der Waals surface area contributed by atoms with Crippen LogP contribution in [0.5, 0.6) is 0 Å². The first-order valence-corrected chi connectivity index (χ1v) is 9.53. The summed E-state index contributed by atoms with van der Waals surface area (Å²) in [5, 5.41) is 2.90. The molecule has 1 aliphatic heterocycles. The molecule has 3 aromatic rings. The van der Waals surface area contributed by atoms with E-state index in [1.54, 1.807) is 29.1 Å². The molecule has 1 atom stereocenters. The molecule has 0 radical (unpaired) electrons. The first-order valence-electron chi connectivity index (χ1n) is 9.53. The molecule has 0 aliphatic carbocycles. The monoisotopic (exact) mass is 378 g/mol. The average Bonchev–Trinajstić information content (AvgIpc) is 3.35. The van der Waals surface area contributed by atoms with Gasteiger partial charge in [-0.05, 0) is 56.6 Å². The molecular weight excluding hydrogens is 355 g/mol. The Morgan fingerprint density at radius 3 is 2.54 bits per heavy atom. The second-order valence-corrected chi connectivity index (χ2v) is 7.06. The van der Waals surface area contributed by atoms with Crippen molar-refractivity contribution in [3.63, 3.8) is 0 Å². The van der Waals surface area contributed by atoms with Crippen molar-refractivity contribution in [2.24, 2.45) is 0 Å². The fourth-order valence-corrected chi connectivity index (χ4v) is 3.79. The van der Waals surface area contributed by atoms with Gasteiger partial charge in [-0.2, -0.15) is 0 Å². The van der Waals surface area contributed by atoms with Crippen LogP contribution in [0.15, 0.2) is 60.9 Å². The molecular formula is C22H23FN4O. The molecule has 1 aliphatic rings. The number of anilines is 1. The number of halogens is 1. The fraction of sp³-hybridized carbons (Fsp3) is 0.273. The number of hydrogen-bond donors (Lipinski definition) is 1. The number of aromatic nitrogens is 2. The number of nitrogens with zero attached hydrogens (tertiary/aromatic N) is 3. The summed E-state index contributed by atoms with van der Waals surface area (Å²) in [5.41, 5.74) is 1.81. The SMILES string of the molecule is Cc1nccn1-c1ccc(NC(=O)C(c2ccccc2)N2CCCC2)cc1F. The van der Waals surface area contributed by atoms with Gasteiger partial charge in [0.2, 0.25) is 5.91 Å². The third-order valence-corrected chi connectivity index (χ3v) is 5.17. The second kappa shape index (κ2) is 7.94. The van der Waals surface area contributed by atoms with E-state index < -0.39 is 5.82 Å². The van der Waals surface area contributed by atoms with Crippen molar-refractivity contribution in [3.05, 3.63) is 78.1 Å². The molecule has 4 rings (SSSR count). The van der Waals surface area contributed by atoms with Crippen molar-refractivity contribution in [1.82, 2.24) is 14.5 Å². The molecule has 1 fully saturated rings. The third-order valence-electron chi connectivity index (χ3n) is 5.17. The van der Waals surface area contributed by atoms with Gasteiger partial charge >= 0.3 is 0 Å². The molecule has 5 nitrogen and oxygen atoms in total. The largest absolute Gasteiger partial charge is 0.324 e. The van der Waals surface area contributed by atoms with Crippen molar-refractivity contribution in [1.29, 1.82) is 0 Å². The Hall–Kier alpha value is -2.99. The number of rotatable bonds is 5. The van der Waals surface area contributed by atoms with E-state index in [9.17, 15) is 9.18 Å². The molecule has 28 heavy (non-hydrogen) atoms. The quantitative estimate of drug-likeness (QED) is 0.727. The lowest BCUT2D eigenvalue weighted by atomic mass is 10.0. The lowest BCUT2D eigenvalue weighted by Gasteiger charge is -2.27. The number of hydrogen-bond acceptors (Lipinski definition) is 3. The highest BCUT2D eigenvalue weighted by Crippen LogP contribution is 2.27. The fourth-order valence-electron chi connectivity index (χ4n) is 3.79. The van der Waals surface area contributed by atoms with Crippen LogP contribution in [0.25, 0.3) is 5.69 Å². The Balaban J connectivity index is 1.57. The van der Waals surface area contributed by atoms with E-state index in [-0.39, 0.29) is 11.9 Å². The van der Waals surface area contributed by atoms with E-state index >= 15 is 0 Å². The standard InChI is InChI=1S/C22H23FN4O/c1-16-24-11-14-27(16)20-10-9-18(15-19(20)23)25-22(28)21(26-12-5-6-13-26)17-7-3-2-4-8-17/h2-4,7-11,14-15,21H,5-6,12-13H2,1H3,(H,25,28). The number of likely N-dealkylation sites (tertiary alicyclic amines) is 1. The van der Waals surface area contributed by atoms with Gasteiger partial charge in [-0.15, -0.1) is 0 Å². The highest BCUT2D eigenvalue weighted by atomic mass is 19.1. The maximum atomic E-state index is 14.7. The van der Waals surface area contributed by atoms with Crippen LogP contribution in [-0.4, -0.2) is 33.4 Å². The maximum Gasteiger partial charge on any atom is 0.246 e. The smallest absolute Gasteiger partial charge is 0.246 e. The third kappa shape index (κ3) is 3.68. The summed E-state index contributed by atoms with van der Waals surface area (Å²) in [7, 11) is 0. The van der Waals surface area contributed by atoms with E-state index in [1.165, 1.54) is 6.07 Å². The molecule has 1 amide bonds. The summed E-state index contributed by atoms with van der Waals surface area (Å²) < 4.78 is 16.3. The van der Waals surface area contributed by atoms with Gasteiger partial charge < -0.3 is 9.88 Å². The van der Waals surface area contributed by atoms with Gasteiger partial charge in [0.15, 0.2) is 0 Å². The number of amides is 1. The van der Waals surface area contributed by atoms with Crippen molar-refractivity contribution >= 4 is 11.6 Å². The molecule has 0 saturated carbocycles. The van der Waals surface area contributed by atoms with Gasteiger partial charge in [-0.1, -0.05) is 30.3 Å². The molecule has 144 valence electrons. The molecule has 1 aromatic heterocycles. The second-order valence-electron chi connectivity index (χ2n) is 7.06. The Morgan fingerprint density at radius 2 is 1.89 bits per heavy atom. The Kier molecular flexibility index (Phi) is 5.21. The Labute approximate surface area is 163 Å². The Morgan fingerprint density at radius 1 is 1.14 bits per heavy atom. The first kappa shape index (κ1) is 18.4. The summed E-state index contributed by atoms with van der Waals surface area (Å²) >= 11 is 0. The van der Waals surface area contributed by atoms with Crippen molar-refractivity contribution in [3.8, 4) is 5.69 Å². The minimum absolute atomic E-state index is 0.140. The van der Waals surface area contributed by atoms with Gasteiger partial charge in [0.05, 0.1) is 5.69 Å². The van der Waals surface area contributed by atoms with E-state index in [2.05, 4.69) is 15.2 Å². The maximum absolute atomic E-state index is 14.7. The van der Waals surface area contributed by atoms with Crippen LogP contribution >= 0.6 is 0 Å². The topological polar surface area (TPSA) is 50.2 Å². The van der Waals surface area contributed by atoms with Crippen LogP contribution in [0, 0.1) is 12.7 Å². The summed E-state index contributed by atoms with van der Waals surface area (Å²) in [4.78, 5) is 19.4. The Bertz CT molecular complexity index is 964. The zero-order chi connectivity index (χ0) is 19.5. The lowest BCUT2D eigenvalue weighted by molar-refractivity contribution is -0.121. The number of benzene rings is 2. The summed E-state index contributed by atoms with van der Waals surface area (Å²) in [5.74, 6) is 0.157. The number of carbonyl (C=O) groups is 1. The molecule has 0 spiro atoms. The van der Waals surface area contributed by atoms with Crippen LogP contribution in [0.1, 0.15) is 30.3 Å². The number of nitrogens with one attached hydrogen (secondary N) is 1. The molecule has 2 aromatic carbocycles. The predicted molar refractivity (Wildman–Crippen MR) is 107 cm³/mol. The van der Waals surface area contributed by atoms with Crippen LogP contribution in [0.4, 0.5) is 10.1 Å². The minimum Gasteiger partial charge on any atom is -0.324 e. The molecule has 2 heterocycles. The molecule has 1 N–H and O–H groups in total.